The zero-order valence-electron chi connectivity index (χ0n) is 22.3. The molecule has 0 bridgehead atoms. The highest BCUT2D eigenvalue weighted by Crippen LogP contribution is 2.40. The van der Waals surface area contributed by atoms with Crippen molar-refractivity contribution in [2.24, 2.45) is 5.73 Å². The van der Waals surface area contributed by atoms with Crippen LogP contribution in [0.25, 0.3) is 11.3 Å². The van der Waals surface area contributed by atoms with E-state index in [2.05, 4.69) is 43.4 Å². The molecule has 1 saturated carbocycles. The molecule has 4 aromatic heterocycles. The number of amides is 1. The summed E-state index contributed by atoms with van der Waals surface area (Å²) >= 11 is 0. The smallest absolute Gasteiger partial charge is 0.273 e. The summed E-state index contributed by atoms with van der Waals surface area (Å²) in [5, 5.41) is 21.8. The number of hydrogen-bond donors (Lipinski definition) is 2. The number of halogens is 1. The largest absolute Gasteiger partial charge is 0.494 e. The summed E-state index contributed by atoms with van der Waals surface area (Å²) in [7, 11) is 1.36. The summed E-state index contributed by atoms with van der Waals surface area (Å²) in [6.07, 6.45) is 9.27. The van der Waals surface area contributed by atoms with E-state index >= 15 is 4.39 Å². The van der Waals surface area contributed by atoms with Crippen molar-refractivity contribution in [3.05, 3.63) is 77.0 Å². The lowest BCUT2D eigenvalue weighted by Gasteiger charge is -2.13. The number of benzene rings is 1. The number of carbonyl (C=O) groups is 1. The van der Waals surface area contributed by atoms with Crippen LogP contribution in [-0.2, 0) is 24.4 Å². The highest BCUT2D eigenvalue weighted by molar-refractivity contribution is 5.91. The van der Waals surface area contributed by atoms with Crippen molar-refractivity contribution in [1.82, 2.24) is 49.9 Å². The van der Waals surface area contributed by atoms with Crippen molar-refractivity contribution in [3.63, 3.8) is 0 Å². The number of methoxy groups -OCH3 is 1. The maximum Gasteiger partial charge on any atom is 0.273 e. The van der Waals surface area contributed by atoms with Crippen molar-refractivity contribution in [2.45, 2.75) is 38.5 Å². The first-order chi connectivity index (χ1) is 20.0. The molecule has 0 atom stereocenters. The molecule has 3 N–H and O–H groups in total. The minimum atomic E-state index is -0.631. The van der Waals surface area contributed by atoms with E-state index in [4.69, 9.17) is 20.2 Å². The summed E-state index contributed by atoms with van der Waals surface area (Å²) in [6.45, 7) is 1.50. The molecule has 0 saturated heterocycles. The number of nitrogens with zero attached hydrogens (tertiary/aromatic N) is 9. The molecule has 15 heteroatoms. The molecular formula is C26H28FN11O3. The minimum absolute atomic E-state index is 0.0304. The van der Waals surface area contributed by atoms with E-state index < -0.39 is 11.7 Å². The monoisotopic (exact) mass is 561 g/mol. The number of hydrogen-bond acceptors (Lipinski definition) is 10. The van der Waals surface area contributed by atoms with Gasteiger partial charge in [0.05, 0.1) is 44.4 Å². The van der Waals surface area contributed by atoms with Gasteiger partial charge in [-0.3, -0.25) is 4.79 Å². The average Bonchev–Trinajstić information content (AvgIpc) is 3.32. The first-order valence-electron chi connectivity index (χ1n) is 13.1. The van der Waals surface area contributed by atoms with Crippen LogP contribution >= 0.6 is 0 Å². The maximum atomic E-state index is 15.1. The Morgan fingerprint density at radius 3 is 2.85 bits per heavy atom. The molecule has 6 rings (SSSR count). The normalized spacial score (nSPS) is 13.1. The van der Waals surface area contributed by atoms with Gasteiger partial charge < -0.3 is 24.9 Å². The molecule has 1 aromatic carbocycles. The molecule has 0 spiro atoms. The topological polar surface area (TPSA) is 165 Å². The fourth-order valence-electron chi connectivity index (χ4n) is 4.64. The van der Waals surface area contributed by atoms with Crippen LogP contribution in [0.5, 0.6) is 5.75 Å². The molecule has 1 aliphatic carbocycles. The Kier molecular flexibility index (Phi) is 7.35. The van der Waals surface area contributed by atoms with E-state index in [1.165, 1.54) is 53.5 Å². The number of imidazole rings is 1. The maximum absolute atomic E-state index is 15.1. The minimum Gasteiger partial charge on any atom is -0.494 e. The molecule has 0 aliphatic heterocycles. The standard InChI is InChI=1S/C26H28FN11O3/c1-40-23-5-4-22(38-15-30-33-35-38)20(24(23)27)9-29-26(39)21-13-37(34-32-21)12-19-11-36-10-17(16-2-3-16)8-18(25(36)31-19)14-41-7-6-28/h4-5,8,10-11,13,15-16H,2-3,6-7,9,12,14,28H2,1H3,(H,29,39). The second-order valence-electron chi connectivity index (χ2n) is 9.70. The summed E-state index contributed by atoms with van der Waals surface area (Å²) in [5.74, 6) is -0.550. The Morgan fingerprint density at radius 1 is 1.22 bits per heavy atom. The molecule has 0 unspecified atom stereocenters. The van der Waals surface area contributed by atoms with Crippen molar-refractivity contribution in [2.75, 3.05) is 20.3 Å². The van der Waals surface area contributed by atoms with Crippen LogP contribution in [0.4, 0.5) is 4.39 Å². The SMILES string of the molecule is COc1ccc(-n2cnnn2)c(CNC(=O)c2cn(Cc3cn4cc(C5CC5)cc(COCCN)c4n3)nn2)c1F. The second-order valence-corrected chi connectivity index (χ2v) is 9.70. The quantitative estimate of drug-likeness (QED) is 0.213. The number of ether oxygens (including phenoxy) is 2. The van der Waals surface area contributed by atoms with Crippen molar-refractivity contribution in [1.29, 1.82) is 0 Å². The van der Waals surface area contributed by atoms with Gasteiger partial charge in [-0.05, 0) is 52.9 Å². The third-order valence-electron chi connectivity index (χ3n) is 6.79. The molecule has 212 valence electrons. The molecule has 41 heavy (non-hydrogen) atoms. The number of carbonyl (C=O) groups excluding carboxylic acids is 1. The van der Waals surface area contributed by atoms with E-state index in [-0.39, 0.29) is 23.6 Å². The fraction of sp³-hybridized carbons (Fsp3) is 0.346. The van der Waals surface area contributed by atoms with Crippen molar-refractivity contribution in [3.8, 4) is 11.4 Å². The zero-order valence-corrected chi connectivity index (χ0v) is 22.3. The molecular weight excluding hydrogens is 533 g/mol. The Balaban J connectivity index is 1.17. The summed E-state index contributed by atoms with van der Waals surface area (Å²) in [5.41, 5.74) is 9.99. The fourth-order valence-corrected chi connectivity index (χ4v) is 4.64. The van der Waals surface area contributed by atoms with E-state index in [0.29, 0.717) is 37.9 Å². The molecule has 14 nitrogen and oxygen atoms in total. The third kappa shape index (κ3) is 5.62. The number of aromatic nitrogens is 9. The van der Waals surface area contributed by atoms with E-state index in [1.807, 2.05) is 10.6 Å². The molecule has 1 fully saturated rings. The van der Waals surface area contributed by atoms with Gasteiger partial charge in [-0.25, -0.2) is 18.7 Å². The van der Waals surface area contributed by atoms with Gasteiger partial charge in [-0.1, -0.05) is 5.21 Å². The second kappa shape index (κ2) is 11.4. The Labute approximate surface area is 233 Å². The van der Waals surface area contributed by atoms with Crippen LogP contribution in [0.2, 0.25) is 0 Å². The van der Waals surface area contributed by atoms with Gasteiger partial charge in [0.2, 0.25) is 0 Å². The number of rotatable bonds is 12. The van der Waals surface area contributed by atoms with Gasteiger partial charge in [-0.2, -0.15) is 0 Å². The summed E-state index contributed by atoms with van der Waals surface area (Å²) < 4.78 is 30.7. The third-order valence-corrected chi connectivity index (χ3v) is 6.79. The number of pyridine rings is 1. The number of fused-ring (bicyclic) bond motifs is 1. The van der Waals surface area contributed by atoms with Gasteiger partial charge in [-0.15, -0.1) is 10.2 Å². The van der Waals surface area contributed by atoms with Crippen LogP contribution in [0.1, 0.15) is 51.6 Å². The Hall–Kier alpha value is -4.76. The zero-order chi connectivity index (χ0) is 28.3. The predicted molar refractivity (Wildman–Crippen MR) is 142 cm³/mol. The molecule has 5 aromatic rings. The van der Waals surface area contributed by atoms with Crippen LogP contribution in [0.3, 0.4) is 0 Å². The molecule has 1 aliphatic rings. The van der Waals surface area contributed by atoms with Gasteiger partial charge in [0.25, 0.3) is 5.91 Å². The van der Waals surface area contributed by atoms with E-state index in [0.717, 1.165) is 16.9 Å². The molecule has 1 amide bonds. The Bertz CT molecular complexity index is 1680. The number of nitrogens with one attached hydrogen (secondary N) is 1. The summed E-state index contributed by atoms with van der Waals surface area (Å²) in [6, 6.07) is 5.23. The lowest BCUT2D eigenvalue weighted by Crippen LogP contribution is -2.25. The van der Waals surface area contributed by atoms with Crippen LogP contribution in [-0.4, -0.2) is 70.8 Å². The molecule has 4 heterocycles. The van der Waals surface area contributed by atoms with Crippen LogP contribution in [0, 0.1) is 5.82 Å². The van der Waals surface area contributed by atoms with Gasteiger partial charge in [0.1, 0.15) is 12.0 Å². The van der Waals surface area contributed by atoms with Crippen molar-refractivity contribution < 1.29 is 18.7 Å². The average molecular weight is 562 g/mol. The lowest BCUT2D eigenvalue weighted by atomic mass is 10.1. The number of nitrogens with two attached hydrogens (primary N) is 1. The summed E-state index contributed by atoms with van der Waals surface area (Å²) in [4.78, 5) is 17.7. The van der Waals surface area contributed by atoms with E-state index in [1.54, 1.807) is 6.07 Å². The predicted octanol–water partition coefficient (Wildman–Crippen LogP) is 1.38. The Morgan fingerprint density at radius 2 is 2.10 bits per heavy atom. The highest BCUT2D eigenvalue weighted by Gasteiger charge is 2.25. The van der Waals surface area contributed by atoms with Gasteiger partial charge in [0.15, 0.2) is 17.3 Å². The van der Waals surface area contributed by atoms with Gasteiger partial charge in [0, 0.05) is 36.6 Å². The van der Waals surface area contributed by atoms with Gasteiger partial charge >= 0.3 is 0 Å². The molecule has 0 radical (unpaired) electrons. The number of tetrazole rings is 1. The van der Waals surface area contributed by atoms with E-state index in [9.17, 15) is 4.79 Å². The first-order valence-corrected chi connectivity index (χ1v) is 13.1. The first kappa shape index (κ1) is 26.5. The lowest BCUT2D eigenvalue weighted by molar-refractivity contribution is 0.0945. The highest BCUT2D eigenvalue weighted by atomic mass is 19.1. The van der Waals surface area contributed by atoms with Crippen molar-refractivity contribution >= 4 is 11.6 Å². The van der Waals surface area contributed by atoms with Crippen LogP contribution < -0.4 is 15.8 Å². The van der Waals surface area contributed by atoms with Crippen LogP contribution in [0.15, 0.2) is 43.1 Å².